The molecule has 1 saturated heterocycles. The fraction of sp³-hybridized carbons (Fsp3) is 0.467. The van der Waals surface area contributed by atoms with Crippen LogP contribution in [0.25, 0.3) is 0 Å². The molecule has 0 radical (unpaired) electrons. The lowest BCUT2D eigenvalue weighted by Gasteiger charge is -2.36. The number of alkyl halides is 3. The summed E-state index contributed by atoms with van der Waals surface area (Å²) < 4.78 is 42.9. The Morgan fingerprint density at radius 1 is 1.35 bits per heavy atom. The minimum Gasteiger partial charge on any atom is -0.372 e. The zero-order valence-electron chi connectivity index (χ0n) is 12.7. The van der Waals surface area contributed by atoms with Crippen LogP contribution in [0.2, 0.25) is 0 Å². The molecule has 1 heterocycles. The SMILES string of the molecule is CO[C@H](C)C(=O)N1CCNC(=O)[C@H]1c1ccc(C(F)(F)F)cc1. The van der Waals surface area contributed by atoms with Crippen LogP contribution in [0.5, 0.6) is 0 Å². The van der Waals surface area contributed by atoms with Gasteiger partial charge in [-0.2, -0.15) is 13.2 Å². The summed E-state index contributed by atoms with van der Waals surface area (Å²) in [5.74, 6) is -0.806. The van der Waals surface area contributed by atoms with Crippen LogP contribution in [-0.2, 0) is 20.5 Å². The highest BCUT2D eigenvalue weighted by Crippen LogP contribution is 2.31. The van der Waals surface area contributed by atoms with Gasteiger partial charge in [-0.1, -0.05) is 12.1 Å². The maximum absolute atomic E-state index is 12.6. The summed E-state index contributed by atoms with van der Waals surface area (Å²) >= 11 is 0. The van der Waals surface area contributed by atoms with E-state index in [4.69, 9.17) is 4.74 Å². The van der Waals surface area contributed by atoms with Crippen molar-refractivity contribution in [1.82, 2.24) is 10.2 Å². The molecular weight excluding hydrogens is 313 g/mol. The highest BCUT2D eigenvalue weighted by atomic mass is 19.4. The molecule has 23 heavy (non-hydrogen) atoms. The number of rotatable bonds is 3. The van der Waals surface area contributed by atoms with Crippen molar-refractivity contribution in [2.24, 2.45) is 0 Å². The number of nitrogens with zero attached hydrogens (tertiary/aromatic N) is 1. The lowest BCUT2D eigenvalue weighted by atomic mass is 10.00. The average molecular weight is 330 g/mol. The quantitative estimate of drug-likeness (QED) is 0.918. The smallest absolute Gasteiger partial charge is 0.372 e. The van der Waals surface area contributed by atoms with Gasteiger partial charge in [-0.05, 0) is 24.6 Å². The fourth-order valence-corrected chi connectivity index (χ4v) is 2.42. The molecule has 2 rings (SSSR count). The van der Waals surface area contributed by atoms with Gasteiger partial charge < -0.3 is 15.0 Å². The molecule has 0 aromatic heterocycles. The standard InChI is InChI=1S/C15H17F3N2O3/c1-9(23-2)14(22)20-8-7-19-13(21)12(20)10-3-5-11(6-4-10)15(16,17)18/h3-6,9,12H,7-8H2,1-2H3,(H,19,21)/t9-,12-/m1/s1. The van der Waals surface area contributed by atoms with Gasteiger partial charge in [0, 0.05) is 20.2 Å². The third-order valence-electron chi connectivity index (χ3n) is 3.75. The molecule has 126 valence electrons. The number of benzene rings is 1. The minimum atomic E-state index is -4.45. The van der Waals surface area contributed by atoms with Crippen LogP contribution in [0.3, 0.4) is 0 Å². The predicted molar refractivity (Wildman–Crippen MR) is 75.4 cm³/mol. The van der Waals surface area contributed by atoms with Crippen LogP contribution in [0.15, 0.2) is 24.3 Å². The van der Waals surface area contributed by atoms with Crippen molar-refractivity contribution in [3.63, 3.8) is 0 Å². The Balaban J connectivity index is 2.32. The topological polar surface area (TPSA) is 58.6 Å². The molecule has 1 aliphatic rings. The first-order valence-corrected chi connectivity index (χ1v) is 7.04. The normalized spacial score (nSPS) is 20.1. The number of hydrogen-bond acceptors (Lipinski definition) is 3. The van der Waals surface area contributed by atoms with Gasteiger partial charge >= 0.3 is 6.18 Å². The first-order chi connectivity index (χ1) is 10.8. The Morgan fingerprint density at radius 3 is 2.48 bits per heavy atom. The lowest BCUT2D eigenvalue weighted by Crippen LogP contribution is -2.54. The van der Waals surface area contributed by atoms with Crippen LogP contribution in [0.4, 0.5) is 13.2 Å². The van der Waals surface area contributed by atoms with Crippen molar-refractivity contribution < 1.29 is 27.5 Å². The summed E-state index contributed by atoms with van der Waals surface area (Å²) in [6.45, 7) is 2.11. The number of halogens is 3. The van der Waals surface area contributed by atoms with E-state index in [1.807, 2.05) is 0 Å². The molecule has 2 amide bonds. The number of nitrogens with one attached hydrogen (secondary N) is 1. The first kappa shape index (κ1) is 17.3. The van der Waals surface area contributed by atoms with Crippen LogP contribution >= 0.6 is 0 Å². The second-order valence-corrected chi connectivity index (χ2v) is 5.22. The van der Waals surface area contributed by atoms with Crippen molar-refractivity contribution in [2.45, 2.75) is 25.2 Å². The number of methoxy groups -OCH3 is 1. The van der Waals surface area contributed by atoms with E-state index in [9.17, 15) is 22.8 Å². The van der Waals surface area contributed by atoms with E-state index >= 15 is 0 Å². The van der Waals surface area contributed by atoms with Gasteiger partial charge in [-0.25, -0.2) is 0 Å². The summed E-state index contributed by atoms with van der Waals surface area (Å²) in [6, 6.07) is 3.28. The molecule has 1 aromatic carbocycles. The van der Waals surface area contributed by atoms with E-state index in [0.29, 0.717) is 5.56 Å². The molecule has 5 nitrogen and oxygen atoms in total. The predicted octanol–water partition coefficient (Wildman–Crippen LogP) is 1.74. The minimum absolute atomic E-state index is 0.268. The Hall–Kier alpha value is -2.09. The first-order valence-electron chi connectivity index (χ1n) is 7.04. The second kappa shape index (κ2) is 6.57. The molecule has 1 aliphatic heterocycles. The van der Waals surface area contributed by atoms with E-state index in [-0.39, 0.29) is 19.0 Å². The number of hydrogen-bond donors (Lipinski definition) is 1. The number of carbonyl (C=O) groups excluding carboxylic acids is 2. The number of amides is 2. The maximum Gasteiger partial charge on any atom is 0.416 e. The van der Waals surface area contributed by atoms with Gasteiger partial charge in [0.2, 0.25) is 5.91 Å². The van der Waals surface area contributed by atoms with E-state index < -0.39 is 29.8 Å². The highest BCUT2D eigenvalue weighted by molar-refractivity contribution is 5.91. The summed E-state index contributed by atoms with van der Waals surface area (Å²) in [4.78, 5) is 25.8. The Morgan fingerprint density at radius 2 is 1.96 bits per heavy atom. The Labute approximate surface area is 131 Å². The average Bonchev–Trinajstić information content (AvgIpc) is 2.52. The van der Waals surface area contributed by atoms with Gasteiger partial charge in [0.15, 0.2) is 0 Å². The molecular formula is C15H17F3N2O3. The third kappa shape index (κ3) is 3.64. The fourth-order valence-electron chi connectivity index (χ4n) is 2.42. The summed E-state index contributed by atoms with van der Waals surface area (Å²) in [7, 11) is 1.37. The van der Waals surface area contributed by atoms with Gasteiger partial charge in [0.25, 0.3) is 5.91 Å². The number of piperazine rings is 1. The van der Waals surface area contributed by atoms with Crippen LogP contribution in [0.1, 0.15) is 24.1 Å². The summed E-state index contributed by atoms with van der Waals surface area (Å²) in [5.41, 5.74) is -0.479. The van der Waals surface area contributed by atoms with Crippen LogP contribution < -0.4 is 5.32 Å². The van der Waals surface area contributed by atoms with E-state index in [1.54, 1.807) is 6.92 Å². The molecule has 1 fully saturated rings. The van der Waals surface area contributed by atoms with Gasteiger partial charge in [-0.15, -0.1) is 0 Å². The lowest BCUT2D eigenvalue weighted by molar-refractivity contribution is -0.150. The number of ether oxygens (including phenoxy) is 1. The van der Waals surface area contributed by atoms with Gasteiger partial charge in [-0.3, -0.25) is 9.59 Å². The largest absolute Gasteiger partial charge is 0.416 e. The van der Waals surface area contributed by atoms with E-state index in [0.717, 1.165) is 12.1 Å². The molecule has 2 atom stereocenters. The summed E-state index contributed by atoms with van der Waals surface area (Å²) in [6.07, 6.45) is -5.19. The molecule has 1 N–H and O–H groups in total. The molecule has 1 aromatic rings. The van der Waals surface area contributed by atoms with E-state index in [1.165, 1.54) is 24.1 Å². The Kier molecular flexibility index (Phi) is 4.93. The van der Waals surface area contributed by atoms with Crippen molar-refractivity contribution in [1.29, 1.82) is 0 Å². The van der Waals surface area contributed by atoms with Crippen molar-refractivity contribution in [3.8, 4) is 0 Å². The molecule has 8 heteroatoms. The van der Waals surface area contributed by atoms with Gasteiger partial charge in [0.1, 0.15) is 12.1 Å². The summed E-state index contributed by atoms with van der Waals surface area (Å²) in [5, 5.41) is 2.62. The maximum atomic E-state index is 12.6. The zero-order valence-corrected chi connectivity index (χ0v) is 12.7. The molecule has 0 unspecified atom stereocenters. The number of carbonyl (C=O) groups is 2. The van der Waals surface area contributed by atoms with Crippen LogP contribution in [-0.4, -0.2) is 43.0 Å². The zero-order chi connectivity index (χ0) is 17.2. The van der Waals surface area contributed by atoms with Crippen LogP contribution in [0, 0.1) is 0 Å². The highest BCUT2D eigenvalue weighted by Gasteiger charge is 2.37. The molecule has 0 aliphatic carbocycles. The molecule has 0 saturated carbocycles. The Bertz CT molecular complexity index is 587. The molecule has 0 bridgehead atoms. The molecule has 0 spiro atoms. The van der Waals surface area contributed by atoms with Gasteiger partial charge in [0.05, 0.1) is 5.56 Å². The second-order valence-electron chi connectivity index (χ2n) is 5.22. The van der Waals surface area contributed by atoms with E-state index in [2.05, 4.69) is 5.32 Å². The van der Waals surface area contributed by atoms with Crippen molar-refractivity contribution in [2.75, 3.05) is 20.2 Å². The third-order valence-corrected chi connectivity index (χ3v) is 3.75. The monoisotopic (exact) mass is 330 g/mol. The van der Waals surface area contributed by atoms with Crippen molar-refractivity contribution >= 4 is 11.8 Å². The van der Waals surface area contributed by atoms with Crippen molar-refractivity contribution in [3.05, 3.63) is 35.4 Å².